The van der Waals surface area contributed by atoms with Gasteiger partial charge < -0.3 is 9.84 Å². The largest absolute Gasteiger partial charge is 0.507 e. The van der Waals surface area contributed by atoms with Crippen LogP contribution in [0.2, 0.25) is 5.02 Å². The van der Waals surface area contributed by atoms with E-state index in [0.717, 1.165) is 0 Å². The van der Waals surface area contributed by atoms with Gasteiger partial charge in [0.2, 0.25) is 0 Å². The summed E-state index contributed by atoms with van der Waals surface area (Å²) in [6.07, 6.45) is 1.65. The molecule has 1 amide bonds. The van der Waals surface area contributed by atoms with Crippen molar-refractivity contribution in [1.29, 1.82) is 0 Å². The van der Waals surface area contributed by atoms with Crippen LogP contribution in [0.15, 0.2) is 78.5 Å². The molecule has 2 aromatic carbocycles. The number of pyridine rings is 1. The third-order valence-electron chi connectivity index (χ3n) is 5.40. The standard InChI is InChI=1S/C26H21ClN2O5/c1-2-34-21(30)15-16-6-12-19(13-7-16)29-23(20-5-3-4-14-28-20)22(25(32)26(29)33)24(31)17-8-10-18(27)11-9-17/h3-14,23,31H,2,15H2,1H3/b24-22-. The minimum absolute atomic E-state index is 0.0679. The normalized spacial score (nSPS) is 17.1. The molecule has 1 aliphatic heterocycles. The fourth-order valence-corrected chi connectivity index (χ4v) is 3.96. The Balaban J connectivity index is 1.78. The summed E-state index contributed by atoms with van der Waals surface area (Å²) in [5, 5.41) is 11.5. The lowest BCUT2D eigenvalue weighted by Gasteiger charge is -2.24. The van der Waals surface area contributed by atoms with Crippen molar-refractivity contribution in [3.63, 3.8) is 0 Å². The molecule has 7 nitrogen and oxygen atoms in total. The first-order chi connectivity index (χ1) is 16.4. The number of anilines is 1. The molecule has 1 fully saturated rings. The Labute approximate surface area is 201 Å². The van der Waals surface area contributed by atoms with E-state index in [1.54, 1.807) is 79.9 Å². The van der Waals surface area contributed by atoms with Crippen molar-refractivity contribution in [3.8, 4) is 0 Å². The molecule has 0 saturated carbocycles. The molecule has 172 valence electrons. The third-order valence-corrected chi connectivity index (χ3v) is 5.65. The predicted molar refractivity (Wildman–Crippen MR) is 127 cm³/mol. The summed E-state index contributed by atoms with van der Waals surface area (Å²) in [6, 6.07) is 17.2. The average molecular weight is 477 g/mol. The maximum atomic E-state index is 13.1. The van der Waals surface area contributed by atoms with Gasteiger partial charge in [-0.3, -0.25) is 24.3 Å². The van der Waals surface area contributed by atoms with E-state index < -0.39 is 17.7 Å². The van der Waals surface area contributed by atoms with Gasteiger partial charge in [0, 0.05) is 22.5 Å². The fraction of sp³-hybridized carbons (Fsp3) is 0.154. The third kappa shape index (κ3) is 4.56. The maximum Gasteiger partial charge on any atom is 0.310 e. The molecule has 34 heavy (non-hydrogen) atoms. The Morgan fingerprint density at radius 1 is 1.06 bits per heavy atom. The quantitative estimate of drug-likeness (QED) is 0.244. The minimum Gasteiger partial charge on any atom is -0.507 e. The zero-order valence-electron chi connectivity index (χ0n) is 18.3. The van der Waals surface area contributed by atoms with Crippen LogP contribution < -0.4 is 4.90 Å². The van der Waals surface area contributed by atoms with Crippen molar-refractivity contribution in [3.05, 3.63) is 100 Å². The van der Waals surface area contributed by atoms with E-state index >= 15 is 0 Å². The zero-order valence-corrected chi connectivity index (χ0v) is 19.0. The van der Waals surface area contributed by atoms with Crippen molar-refractivity contribution in [2.45, 2.75) is 19.4 Å². The molecule has 0 bridgehead atoms. The molecule has 3 aromatic rings. The molecule has 4 rings (SSSR count). The van der Waals surface area contributed by atoms with Gasteiger partial charge in [-0.2, -0.15) is 0 Å². The minimum atomic E-state index is -0.937. The summed E-state index contributed by atoms with van der Waals surface area (Å²) in [5.41, 5.74) is 1.84. The molecule has 1 N–H and O–H groups in total. The topological polar surface area (TPSA) is 96.8 Å². The molecule has 0 spiro atoms. The zero-order chi connectivity index (χ0) is 24.2. The van der Waals surface area contributed by atoms with E-state index in [9.17, 15) is 19.5 Å². The highest BCUT2D eigenvalue weighted by Gasteiger charge is 2.47. The van der Waals surface area contributed by atoms with E-state index in [0.29, 0.717) is 34.1 Å². The highest BCUT2D eigenvalue weighted by Crippen LogP contribution is 2.41. The first-order valence-electron chi connectivity index (χ1n) is 10.6. The molecule has 0 radical (unpaired) electrons. The lowest BCUT2D eigenvalue weighted by Crippen LogP contribution is -2.29. The smallest absolute Gasteiger partial charge is 0.310 e. The van der Waals surface area contributed by atoms with Gasteiger partial charge in [0.05, 0.1) is 24.3 Å². The van der Waals surface area contributed by atoms with Gasteiger partial charge in [0.25, 0.3) is 11.7 Å². The van der Waals surface area contributed by atoms with Crippen LogP contribution in [0.4, 0.5) is 5.69 Å². The van der Waals surface area contributed by atoms with Crippen LogP contribution in [0.3, 0.4) is 0 Å². The Morgan fingerprint density at radius 2 is 1.76 bits per heavy atom. The number of rotatable bonds is 6. The van der Waals surface area contributed by atoms with Gasteiger partial charge in [0.1, 0.15) is 11.8 Å². The Morgan fingerprint density at radius 3 is 2.38 bits per heavy atom. The molecule has 1 saturated heterocycles. The second-order valence-corrected chi connectivity index (χ2v) is 8.02. The number of ether oxygens (including phenoxy) is 1. The van der Waals surface area contributed by atoms with Crippen molar-refractivity contribution in [2.75, 3.05) is 11.5 Å². The number of benzene rings is 2. The molecular weight excluding hydrogens is 456 g/mol. The van der Waals surface area contributed by atoms with E-state index in [4.69, 9.17) is 16.3 Å². The van der Waals surface area contributed by atoms with Gasteiger partial charge in [-0.1, -0.05) is 29.8 Å². The van der Waals surface area contributed by atoms with Crippen LogP contribution in [-0.2, 0) is 25.5 Å². The molecule has 0 aliphatic carbocycles. The van der Waals surface area contributed by atoms with Gasteiger partial charge in [-0.05, 0) is 61.0 Å². The van der Waals surface area contributed by atoms with Gasteiger partial charge in [0.15, 0.2) is 0 Å². The number of Topliss-reactive ketones (excluding diaryl/α,β-unsaturated/α-hetero) is 1. The average Bonchev–Trinajstić information content (AvgIpc) is 3.11. The van der Waals surface area contributed by atoms with E-state index in [1.165, 1.54) is 4.90 Å². The Hall–Kier alpha value is -3.97. The van der Waals surface area contributed by atoms with Crippen molar-refractivity contribution in [2.24, 2.45) is 0 Å². The number of carbonyl (C=O) groups is 3. The summed E-state index contributed by atoms with van der Waals surface area (Å²) in [4.78, 5) is 43.7. The summed E-state index contributed by atoms with van der Waals surface area (Å²) in [5.74, 6) is -2.28. The number of hydrogen-bond donors (Lipinski definition) is 1. The number of nitrogens with zero attached hydrogens (tertiary/aromatic N) is 2. The number of amides is 1. The molecular formula is C26H21ClN2O5. The van der Waals surface area contributed by atoms with E-state index in [2.05, 4.69) is 4.98 Å². The first-order valence-corrected chi connectivity index (χ1v) is 11.0. The molecule has 1 aliphatic rings. The Kier molecular flexibility index (Phi) is 6.75. The number of esters is 1. The molecule has 1 aromatic heterocycles. The molecule has 8 heteroatoms. The summed E-state index contributed by atoms with van der Waals surface area (Å²) < 4.78 is 4.97. The number of halogens is 1. The first kappa shape index (κ1) is 23.2. The summed E-state index contributed by atoms with van der Waals surface area (Å²) in [6.45, 7) is 2.03. The van der Waals surface area contributed by atoms with Gasteiger partial charge >= 0.3 is 5.97 Å². The predicted octanol–water partition coefficient (Wildman–Crippen LogP) is 4.47. The highest BCUT2D eigenvalue weighted by atomic mass is 35.5. The number of carbonyl (C=O) groups excluding carboxylic acids is 3. The highest BCUT2D eigenvalue weighted by molar-refractivity contribution is 6.51. The van der Waals surface area contributed by atoms with Gasteiger partial charge in [-0.15, -0.1) is 0 Å². The second-order valence-electron chi connectivity index (χ2n) is 7.58. The van der Waals surface area contributed by atoms with E-state index in [-0.39, 0.29) is 23.7 Å². The van der Waals surface area contributed by atoms with Crippen molar-refractivity contribution < 1.29 is 24.2 Å². The number of ketones is 1. The van der Waals surface area contributed by atoms with Crippen LogP contribution in [-0.4, -0.2) is 34.4 Å². The second kappa shape index (κ2) is 9.89. The van der Waals surface area contributed by atoms with Crippen LogP contribution in [0.5, 0.6) is 0 Å². The van der Waals surface area contributed by atoms with Crippen LogP contribution in [0, 0.1) is 0 Å². The number of hydrogen-bond acceptors (Lipinski definition) is 6. The lowest BCUT2D eigenvalue weighted by molar-refractivity contribution is -0.142. The number of aromatic nitrogens is 1. The Bertz CT molecular complexity index is 1250. The summed E-state index contributed by atoms with van der Waals surface area (Å²) >= 11 is 5.95. The maximum absolute atomic E-state index is 13.1. The van der Waals surface area contributed by atoms with Crippen LogP contribution >= 0.6 is 11.6 Å². The monoisotopic (exact) mass is 476 g/mol. The summed E-state index contributed by atoms with van der Waals surface area (Å²) in [7, 11) is 0. The van der Waals surface area contributed by atoms with Crippen LogP contribution in [0.25, 0.3) is 5.76 Å². The molecule has 1 unspecified atom stereocenters. The van der Waals surface area contributed by atoms with Crippen LogP contribution in [0.1, 0.15) is 29.8 Å². The number of aliphatic hydroxyl groups excluding tert-OH is 1. The van der Waals surface area contributed by atoms with E-state index in [1.807, 2.05) is 0 Å². The van der Waals surface area contributed by atoms with Crippen molar-refractivity contribution in [1.82, 2.24) is 4.98 Å². The molecule has 1 atom stereocenters. The SMILES string of the molecule is CCOC(=O)Cc1ccc(N2C(=O)C(=O)/C(=C(\O)c3ccc(Cl)cc3)C2c2ccccn2)cc1. The lowest BCUT2D eigenvalue weighted by atomic mass is 9.98. The molecule has 2 heterocycles. The van der Waals surface area contributed by atoms with Gasteiger partial charge in [-0.25, -0.2) is 0 Å². The number of aliphatic hydroxyl groups is 1. The fourth-order valence-electron chi connectivity index (χ4n) is 3.83. The van der Waals surface area contributed by atoms with Crippen molar-refractivity contribution >= 4 is 40.7 Å².